The van der Waals surface area contributed by atoms with Crippen LogP contribution in [0.4, 0.5) is 0 Å². The molecule has 0 aliphatic heterocycles. The summed E-state index contributed by atoms with van der Waals surface area (Å²) in [4.78, 5) is 0. The van der Waals surface area contributed by atoms with E-state index in [4.69, 9.17) is 5.73 Å². The number of aromatic hydroxyl groups is 1. The third kappa shape index (κ3) is 1.98. The molecule has 0 fully saturated rings. The van der Waals surface area contributed by atoms with Crippen LogP contribution in [0.3, 0.4) is 0 Å². The summed E-state index contributed by atoms with van der Waals surface area (Å²) in [7, 11) is 0. The van der Waals surface area contributed by atoms with Gasteiger partial charge in [-0.05, 0) is 47.1 Å². The van der Waals surface area contributed by atoms with Gasteiger partial charge in [0, 0.05) is 11.9 Å². The van der Waals surface area contributed by atoms with Crippen molar-refractivity contribution in [2.45, 2.75) is 13.0 Å². The fraction of sp³-hybridized carbons (Fsp3) is 0.300. The number of rotatable bonds is 3. The summed E-state index contributed by atoms with van der Waals surface area (Å²) in [5.41, 5.74) is 6.32. The van der Waals surface area contributed by atoms with Gasteiger partial charge in [0.05, 0.1) is 5.52 Å². The molecule has 2 rings (SSSR count). The maximum atomic E-state index is 9.36. The molecule has 1 aromatic heterocycles. The molecule has 0 saturated carbocycles. The van der Waals surface area contributed by atoms with Crippen LogP contribution >= 0.6 is 15.9 Å². The van der Waals surface area contributed by atoms with Crippen LogP contribution in [0.15, 0.2) is 22.8 Å². The van der Waals surface area contributed by atoms with Gasteiger partial charge in [-0.15, -0.1) is 0 Å². The topological polar surface area (TPSA) is 64.1 Å². The first-order chi connectivity index (χ1) is 7.22. The molecule has 4 nitrogen and oxygen atoms in total. The highest BCUT2D eigenvalue weighted by atomic mass is 79.9. The Hall–Kier alpha value is -1.07. The predicted molar refractivity (Wildman–Crippen MR) is 62.8 cm³/mol. The number of hydrogen-bond donors (Lipinski definition) is 2. The average molecular weight is 270 g/mol. The summed E-state index contributed by atoms with van der Waals surface area (Å²) in [6.45, 7) is 1.43. The van der Waals surface area contributed by atoms with Gasteiger partial charge in [-0.1, -0.05) is 0 Å². The number of aromatic nitrogens is 2. The van der Waals surface area contributed by atoms with E-state index in [0.717, 1.165) is 28.5 Å². The number of phenolic OH excluding ortho intramolecular Hbond substituents is 1. The van der Waals surface area contributed by atoms with Gasteiger partial charge in [0.15, 0.2) is 0 Å². The lowest BCUT2D eigenvalue weighted by Gasteiger charge is -2.00. The van der Waals surface area contributed by atoms with E-state index in [-0.39, 0.29) is 5.75 Å². The lowest BCUT2D eigenvalue weighted by Crippen LogP contribution is -2.06. The Labute approximate surface area is 95.8 Å². The van der Waals surface area contributed by atoms with E-state index in [0.29, 0.717) is 6.54 Å². The van der Waals surface area contributed by atoms with Crippen molar-refractivity contribution in [2.24, 2.45) is 5.73 Å². The van der Waals surface area contributed by atoms with Gasteiger partial charge in [0.2, 0.25) is 0 Å². The number of phenols is 1. The van der Waals surface area contributed by atoms with Crippen molar-refractivity contribution in [3.8, 4) is 5.75 Å². The Kier molecular flexibility index (Phi) is 2.93. The minimum atomic E-state index is 0.251. The van der Waals surface area contributed by atoms with Crippen molar-refractivity contribution in [3.05, 3.63) is 22.8 Å². The molecule has 0 aliphatic rings. The molecule has 0 unspecified atom stereocenters. The zero-order valence-corrected chi connectivity index (χ0v) is 9.74. The van der Waals surface area contributed by atoms with Crippen LogP contribution in [0.5, 0.6) is 5.75 Å². The second kappa shape index (κ2) is 4.20. The van der Waals surface area contributed by atoms with E-state index in [1.807, 2.05) is 4.68 Å². The third-order valence-corrected chi connectivity index (χ3v) is 3.07. The van der Waals surface area contributed by atoms with Crippen molar-refractivity contribution in [3.63, 3.8) is 0 Å². The van der Waals surface area contributed by atoms with E-state index in [1.54, 1.807) is 18.2 Å². The molecule has 0 radical (unpaired) electrons. The first kappa shape index (κ1) is 10.4. The van der Waals surface area contributed by atoms with Crippen LogP contribution in [-0.4, -0.2) is 21.4 Å². The zero-order valence-electron chi connectivity index (χ0n) is 8.15. The van der Waals surface area contributed by atoms with Crippen LogP contribution in [0.2, 0.25) is 0 Å². The SMILES string of the molecule is NCCCn1nc2ccc(O)cc2c1Br. The number of nitrogens with two attached hydrogens (primary N) is 1. The summed E-state index contributed by atoms with van der Waals surface area (Å²) in [6, 6.07) is 5.13. The van der Waals surface area contributed by atoms with Gasteiger partial charge < -0.3 is 10.8 Å². The van der Waals surface area contributed by atoms with Gasteiger partial charge in [-0.25, -0.2) is 0 Å². The molecular weight excluding hydrogens is 258 g/mol. The monoisotopic (exact) mass is 269 g/mol. The average Bonchev–Trinajstić information content (AvgIpc) is 2.53. The van der Waals surface area contributed by atoms with Crippen LogP contribution in [0, 0.1) is 0 Å². The second-order valence-corrected chi connectivity index (χ2v) is 4.11. The van der Waals surface area contributed by atoms with E-state index < -0.39 is 0 Å². The number of benzene rings is 1. The van der Waals surface area contributed by atoms with Crippen molar-refractivity contribution >= 4 is 26.8 Å². The largest absolute Gasteiger partial charge is 0.508 e. The van der Waals surface area contributed by atoms with Crippen molar-refractivity contribution in [1.29, 1.82) is 0 Å². The molecule has 15 heavy (non-hydrogen) atoms. The summed E-state index contributed by atoms with van der Waals surface area (Å²) in [5.74, 6) is 0.251. The maximum Gasteiger partial charge on any atom is 0.116 e. The molecule has 0 amide bonds. The number of aryl methyl sites for hydroxylation is 1. The molecule has 5 heteroatoms. The highest BCUT2D eigenvalue weighted by molar-refractivity contribution is 9.10. The number of halogens is 1. The normalized spacial score (nSPS) is 11.1. The Morgan fingerprint density at radius 1 is 1.47 bits per heavy atom. The first-order valence-corrected chi connectivity index (χ1v) is 5.57. The Morgan fingerprint density at radius 2 is 2.27 bits per heavy atom. The molecule has 0 spiro atoms. The van der Waals surface area contributed by atoms with Gasteiger partial charge in [0.1, 0.15) is 10.4 Å². The predicted octanol–water partition coefficient (Wildman–Crippen LogP) is 1.85. The second-order valence-electron chi connectivity index (χ2n) is 3.36. The molecule has 0 aliphatic carbocycles. The van der Waals surface area contributed by atoms with Gasteiger partial charge in [-0.2, -0.15) is 5.10 Å². The minimum Gasteiger partial charge on any atom is -0.508 e. The molecule has 1 heterocycles. The fourth-order valence-electron chi connectivity index (χ4n) is 1.48. The van der Waals surface area contributed by atoms with E-state index in [9.17, 15) is 5.11 Å². The Balaban J connectivity index is 2.45. The molecule has 1 aromatic carbocycles. The standard InChI is InChI=1S/C10H12BrN3O/c11-10-8-6-7(15)2-3-9(8)13-14(10)5-1-4-12/h2-3,6,15H,1,4-5,12H2. The van der Waals surface area contributed by atoms with E-state index in [1.165, 1.54) is 0 Å². The van der Waals surface area contributed by atoms with E-state index >= 15 is 0 Å². The van der Waals surface area contributed by atoms with Crippen molar-refractivity contribution in [2.75, 3.05) is 6.54 Å². The molecule has 3 N–H and O–H groups in total. The van der Waals surface area contributed by atoms with Crippen LogP contribution in [0.25, 0.3) is 10.9 Å². The van der Waals surface area contributed by atoms with Gasteiger partial charge >= 0.3 is 0 Å². The summed E-state index contributed by atoms with van der Waals surface area (Å²) in [6.07, 6.45) is 0.887. The lowest BCUT2D eigenvalue weighted by molar-refractivity contribution is 0.476. The minimum absolute atomic E-state index is 0.251. The Bertz CT molecular complexity index is 481. The van der Waals surface area contributed by atoms with Crippen LogP contribution in [0.1, 0.15) is 6.42 Å². The zero-order chi connectivity index (χ0) is 10.8. The Morgan fingerprint density at radius 3 is 3.00 bits per heavy atom. The summed E-state index contributed by atoms with van der Waals surface area (Å²) < 4.78 is 2.75. The first-order valence-electron chi connectivity index (χ1n) is 4.77. The smallest absolute Gasteiger partial charge is 0.116 e. The van der Waals surface area contributed by atoms with Crippen molar-refractivity contribution in [1.82, 2.24) is 9.78 Å². The maximum absolute atomic E-state index is 9.36. The van der Waals surface area contributed by atoms with Crippen LogP contribution < -0.4 is 5.73 Å². The van der Waals surface area contributed by atoms with E-state index in [2.05, 4.69) is 21.0 Å². The third-order valence-electron chi connectivity index (χ3n) is 2.23. The molecule has 80 valence electrons. The molecule has 2 aromatic rings. The fourth-order valence-corrected chi connectivity index (χ4v) is 2.05. The highest BCUT2D eigenvalue weighted by Crippen LogP contribution is 2.27. The van der Waals surface area contributed by atoms with Gasteiger partial charge in [0.25, 0.3) is 0 Å². The van der Waals surface area contributed by atoms with Crippen molar-refractivity contribution < 1.29 is 5.11 Å². The number of fused-ring (bicyclic) bond motifs is 1. The summed E-state index contributed by atoms with van der Waals surface area (Å²) >= 11 is 3.46. The van der Waals surface area contributed by atoms with Crippen LogP contribution in [-0.2, 0) is 6.54 Å². The molecule has 0 saturated heterocycles. The molecule has 0 bridgehead atoms. The molecular formula is C10H12BrN3O. The van der Waals surface area contributed by atoms with Gasteiger partial charge in [-0.3, -0.25) is 4.68 Å². The molecule has 0 atom stereocenters. The lowest BCUT2D eigenvalue weighted by atomic mass is 10.2. The number of nitrogens with zero attached hydrogens (tertiary/aromatic N) is 2. The summed E-state index contributed by atoms with van der Waals surface area (Å²) in [5, 5.41) is 14.7. The quantitative estimate of drug-likeness (QED) is 0.894. The highest BCUT2D eigenvalue weighted by Gasteiger charge is 2.08. The number of hydrogen-bond acceptors (Lipinski definition) is 3.